The first kappa shape index (κ1) is 11.9. The van der Waals surface area contributed by atoms with Gasteiger partial charge in [-0.15, -0.1) is 0 Å². The maximum absolute atomic E-state index is 14.1. The lowest BCUT2D eigenvalue weighted by atomic mass is 9.87. The lowest BCUT2D eigenvalue weighted by Gasteiger charge is -2.24. The molecule has 0 unspecified atom stereocenters. The van der Waals surface area contributed by atoms with E-state index in [-0.39, 0.29) is 5.56 Å². The van der Waals surface area contributed by atoms with E-state index in [2.05, 4.69) is 4.99 Å². The Balaban J connectivity index is 2.65. The number of carbonyl (C=O) groups excluding carboxylic acids is 1. The molecule has 1 saturated carbocycles. The molecule has 0 bridgehead atoms. The second-order valence-electron chi connectivity index (χ2n) is 4.50. The SMILES string of the molecule is Cc1ccc(F)c(C2(N=C=O)CCCC2)c1F. The Morgan fingerprint density at radius 2 is 1.94 bits per heavy atom. The van der Waals surface area contributed by atoms with Crippen molar-refractivity contribution in [3.8, 4) is 0 Å². The molecule has 2 rings (SSSR count). The summed E-state index contributed by atoms with van der Waals surface area (Å²) in [7, 11) is 0. The summed E-state index contributed by atoms with van der Waals surface area (Å²) in [5, 5.41) is 0. The molecule has 1 fully saturated rings. The van der Waals surface area contributed by atoms with E-state index in [1.165, 1.54) is 18.2 Å². The lowest BCUT2D eigenvalue weighted by molar-refractivity contribution is 0.402. The summed E-state index contributed by atoms with van der Waals surface area (Å²) in [6.45, 7) is 1.57. The quantitative estimate of drug-likeness (QED) is 0.572. The van der Waals surface area contributed by atoms with Crippen molar-refractivity contribution in [3.05, 3.63) is 34.9 Å². The third kappa shape index (κ3) is 1.89. The molecule has 1 aliphatic rings. The van der Waals surface area contributed by atoms with Gasteiger partial charge in [-0.3, -0.25) is 0 Å². The average molecular weight is 237 g/mol. The van der Waals surface area contributed by atoms with Crippen LogP contribution < -0.4 is 0 Å². The van der Waals surface area contributed by atoms with E-state index in [9.17, 15) is 13.6 Å². The highest BCUT2D eigenvalue weighted by atomic mass is 19.1. The van der Waals surface area contributed by atoms with Crippen LogP contribution in [0.1, 0.15) is 36.8 Å². The largest absolute Gasteiger partial charge is 0.235 e. The number of hydrogen-bond donors (Lipinski definition) is 0. The van der Waals surface area contributed by atoms with E-state index >= 15 is 0 Å². The molecule has 0 N–H and O–H groups in total. The third-order valence-electron chi connectivity index (χ3n) is 3.44. The zero-order chi connectivity index (χ0) is 12.5. The summed E-state index contributed by atoms with van der Waals surface area (Å²) in [5.74, 6) is -1.22. The van der Waals surface area contributed by atoms with Crippen LogP contribution in [-0.2, 0) is 10.3 Å². The van der Waals surface area contributed by atoms with Gasteiger partial charge in [-0.2, -0.15) is 4.99 Å². The van der Waals surface area contributed by atoms with Crippen molar-refractivity contribution in [3.63, 3.8) is 0 Å². The molecule has 0 atom stereocenters. The molecule has 0 radical (unpaired) electrons. The highest BCUT2D eigenvalue weighted by Crippen LogP contribution is 2.44. The van der Waals surface area contributed by atoms with Crippen LogP contribution in [0.4, 0.5) is 8.78 Å². The minimum atomic E-state index is -1.04. The van der Waals surface area contributed by atoms with E-state index < -0.39 is 17.2 Å². The maximum atomic E-state index is 14.1. The molecule has 17 heavy (non-hydrogen) atoms. The van der Waals surface area contributed by atoms with Gasteiger partial charge in [0.15, 0.2) is 0 Å². The fraction of sp³-hybridized carbons (Fsp3) is 0.462. The van der Waals surface area contributed by atoms with Crippen molar-refractivity contribution in [1.82, 2.24) is 0 Å². The van der Waals surface area contributed by atoms with E-state index in [0.717, 1.165) is 12.8 Å². The fourth-order valence-corrected chi connectivity index (χ4v) is 2.55. The van der Waals surface area contributed by atoms with Gasteiger partial charge in [-0.1, -0.05) is 18.9 Å². The number of hydrogen-bond acceptors (Lipinski definition) is 2. The van der Waals surface area contributed by atoms with Crippen LogP contribution in [0.3, 0.4) is 0 Å². The fourth-order valence-electron chi connectivity index (χ4n) is 2.55. The Morgan fingerprint density at radius 3 is 2.53 bits per heavy atom. The van der Waals surface area contributed by atoms with E-state index in [1.807, 2.05) is 0 Å². The number of aryl methyl sites for hydroxylation is 1. The molecule has 1 aliphatic carbocycles. The number of rotatable bonds is 2. The van der Waals surface area contributed by atoms with Gasteiger partial charge in [-0.25, -0.2) is 13.6 Å². The van der Waals surface area contributed by atoms with Gasteiger partial charge in [0.25, 0.3) is 0 Å². The minimum absolute atomic E-state index is 0.0710. The number of isocyanates is 1. The monoisotopic (exact) mass is 237 g/mol. The molecular weight excluding hydrogens is 224 g/mol. The first-order valence-electron chi connectivity index (χ1n) is 5.65. The van der Waals surface area contributed by atoms with Gasteiger partial charge in [0.2, 0.25) is 6.08 Å². The molecule has 1 aromatic carbocycles. The molecule has 0 heterocycles. The Bertz CT molecular complexity index is 486. The molecule has 4 heteroatoms. The average Bonchev–Trinajstić information content (AvgIpc) is 2.74. The van der Waals surface area contributed by atoms with Crippen molar-refractivity contribution in [2.45, 2.75) is 38.1 Å². The lowest BCUT2D eigenvalue weighted by Crippen LogP contribution is -2.23. The normalized spacial score (nSPS) is 17.8. The summed E-state index contributed by atoms with van der Waals surface area (Å²) in [4.78, 5) is 14.2. The summed E-state index contributed by atoms with van der Waals surface area (Å²) >= 11 is 0. The summed E-state index contributed by atoms with van der Waals surface area (Å²) in [5.41, 5.74) is -0.741. The van der Waals surface area contributed by atoms with E-state index in [1.54, 1.807) is 6.92 Å². The molecule has 1 aromatic rings. The van der Waals surface area contributed by atoms with Crippen molar-refractivity contribution >= 4 is 6.08 Å². The zero-order valence-corrected chi connectivity index (χ0v) is 9.59. The summed E-state index contributed by atoms with van der Waals surface area (Å²) < 4.78 is 27.9. The molecule has 0 amide bonds. The van der Waals surface area contributed by atoms with Gasteiger partial charge < -0.3 is 0 Å². The Labute approximate surface area is 98.4 Å². The molecule has 0 aliphatic heterocycles. The molecule has 90 valence electrons. The first-order chi connectivity index (χ1) is 8.10. The van der Waals surface area contributed by atoms with Crippen LogP contribution in [0.15, 0.2) is 17.1 Å². The Hall–Kier alpha value is -1.54. The second kappa shape index (κ2) is 4.38. The van der Waals surface area contributed by atoms with Crippen molar-refractivity contribution < 1.29 is 13.6 Å². The maximum Gasteiger partial charge on any atom is 0.235 e. The van der Waals surface area contributed by atoms with Crippen molar-refractivity contribution in [1.29, 1.82) is 0 Å². The van der Waals surface area contributed by atoms with Crippen molar-refractivity contribution in [2.24, 2.45) is 4.99 Å². The van der Waals surface area contributed by atoms with Gasteiger partial charge in [0.1, 0.15) is 17.2 Å². The van der Waals surface area contributed by atoms with Gasteiger partial charge in [0.05, 0.1) is 5.56 Å². The highest BCUT2D eigenvalue weighted by molar-refractivity contribution is 5.41. The predicted octanol–water partition coefficient (Wildman–Crippen LogP) is 3.38. The summed E-state index contributed by atoms with van der Waals surface area (Å²) in [6.07, 6.45) is 4.10. The molecular formula is C13H13F2NO. The molecule has 0 saturated heterocycles. The van der Waals surface area contributed by atoms with Crippen molar-refractivity contribution in [2.75, 3.05) is 0 Å². The Morgan fingerprint density at radius 1 is 1.29 bits per heavy atom. The van der Waals surface area contributed by atoms with Crippen LogP contribution in [0.5, 0.6) is 0 Å². The first-order valence-corrected chi connectivity index (χ1v) is 5.65. The van der Waals surface area contributed by atoms with Crippen LogP contribution >= 0.6 is 0 Å². The third-order valence-corrected chi connectivity index (χ3v) is 3.44. The number of halogens is 2. The number of aliphatic imine (C=N–C) groups is 1. The highest BCUT2D eigenvalue weighted by Gasteiger charge is 2.40. The summed E-state index contributed by atoms with van der Waals surface area (Å²) in [6, 6.07) is 2.62. The smallest absolute Gasteiger partial charge is 0.211 e. The standard InChI is InChI=1S/C13H13F2NO/c1-9-4-5-10(14)11(12(9)15)13(16-8-17)6-2-3-7-13/h4-5H,2-3,6-7H2,1H3. The van der Waals surface area contributed by atoms with E-state index in [4.69, 9.17) is 0 Å². The molecule has 2 nitrogen and oxygen atoms in total. The Kier molecular flexibility index (Phi) is 3.07. The van der Waals surface area contributed by atoms with Gasteiger partial charge >= 0.3 is 0 Å². The van der Waals surface area contributed by atoms with Gasteiger partial charge in [-0.05, 0) is 31.4 Å². The molecule has 0 aromatic heterocycles. The zero-order valence-electron chi connectivity index (χ0n) is 9.59. The van der Waals surface area contributed by atoms with Crippen LogP contribution in [-0.4, -0.2) is 6.08 Å². The van der Waals surface area contributed by atoms with Crippen LogP contribution in [0, 0.1) is 18.6 Å². The van der Waals surface area contributed by atoms with Crippen LogP contribution in [0.2, 0.25) is 0 Å². The number of benzene rings is 1. The van der Waals surface area contributed by atoms with E-state index in [0.29, 0.717) is 18.4 Å². The second-order valence-corrected chi connectivity index (χ2v) is 4.50. The molecule has 0 spiro atoms. The van der Waals surface area contributed by atoms with Crippen LogP contribution in [0.25, 0.3) is 0 Å². The predicted molar refractivity (Wildman–Crippen MR) is 59.4 cm³/mol. The van der Waals surface area contributed by atoms with Gasteiger partial charge in [0, 0.05) is 0 Å². The topological polar surface area (TPSA) is 29.4 Å². The number of nitrogens with zero attached hydrogens (tertiary/aromatic N) is 1. The minimum Gasteiger partial charge on any atom is -0.211 e.